The van der Waals surface area contributed by atoms with Crippen LogP contribution in [0, 0.1) is 0 Å². The van der Waals surface area contributed by atoms with Crippen LogP contribution < -0.4 is 0 Å². The lowest BCUT2D eigenvalue weighted by Crippen LogP contribution is -2.04. The maximum absolute atomic E-state index is 6.08. The van der Waals surface area contributed by atoms with Gasteiger partial charge in [-0.25, -0.2) is 0 Å². The van der Waals surface area contributed by atoms with Crippen molar-refractivity contribution < 1.29 is 9.05 Å². The average molecular weight is 341 g/mol. The van der Waals surface area contributed by atoms with Gasteiger partial charge in [-0.3, -0.25) is 0 Å². The van der Waals surface area contributed by atoms with Gasteiger partial charge in [-0.2, -0.15) is 0 Å². The van der Waals surface area contributed by atoms with E-state index in [2.05, 4.69) is 6.07 Å². The third kappa shape index (κ3) is 3.45. The zero-order valence-corrected chi connectivity index (χ0v) is 14.2. The highest BCUT2D eigenvalue weighted by Crippen LogP contribution is 2.66. The van der Waals surface area contributed by atoms with Crippen molar-refractivity contribution in [2.45, 2.75) is 16.6 Å². The van der Waals surface area contributed by atoms with E-state index in [0.29, 0.717) is 5.25 Å². The van der Waals surface area contributed by atoms with Crippen LogP contribution in [0.4, 0.5) is 0 Å². The minimum absolute atomic E-state index is 0.311. The van der Waals surface area contributed by atoms with E-state index in [-0.39, 0.29) is 0 Å². The summed E-state index contributed by atoms with van der Waals surface area (Å²) >= 11 is 15.0. The summed E-state index contributed by atoms with van der Waals surface area (Å²) in [5.74, 6) is 1.09. The Morgan fingerprint density at radius 3 is 2.83 bits per heavy atom. The van der Waals surface area contributed by atoms with E-state index in [1.54, 1.807) is 25.6 Å². The second kappa shape index (κ2) is 6.49. The maximum atomic E-state index is 6.08. The Hall–Kier alpha value is 0.780. The number of rotatable bonds is 4. The molecule has 0 saturated heterocycles. The first-order valence-corrected chi connectivity index (χ1v) is 10.9. The molecule has 1 heterocycles. The Kier molecular flexibility index (Phi) is 5.47. The predicted octanol–water partition coefficient (Wildman–Crippen LogP) is 5.13. The summed E-state index contributed by atoms with van der Waals surface area (Å²) in [5.41, 5.74) is -0.966. The number of benzene rings is 1. The van der Waals surface area contributed by atoms with Gasteiger partial charge in [0.25, 0.3) is 0 Å². The lowest BCUT2D eigenvalue weighted by molar-refractivity contribution is 0.353. The molecule has 0 aromatic heterocycles. The van der Waals surface area contributed by atoms with Crippen molar-refractivity contribution in [1.29, 1.82) is 0 Å². The Balaban J connectivity index is 2.27. The van der Waals surface area contributed by atoms with Gasteiger partial charge in [0.1, 0.15) is 0 Å². The fourth-order valence-corrected chi connectivity index (χ4v) is 7.48. The van der Waals surface area contributed by atoms with E-state index in [1.807, 2.05) is 23.9 Å². The van der Waals surface area contributed by atoms with Gasteiger partial charge >= 0.3 is 0 Å². The van der Waals surface area contributed by atoms with Gasteiger partial charge in [0.2, 0.25) is 5.69 Å². The van der Waals surface area contributed by atoms with Crippen LogP contribution in [0.25, 0.3) is 0 Å². The molecule has 0 spiro atoms. The number of hydrogen-bond donors (Lipinski definition) is 0. The van der Waals surface area contributed by atoms with Gasteiger partial charge in [-0.15, -0.1) is 11.8 Å². The molecule has 0 aliphatic carbocycles. The molecule has 7 heteroatoms. The molecular weight excluding hydrogens is 327 g/mol. The highest BCUT2D eigenvalue weighted by atomic mass is 35.5. The molecule has 0 fully saturated rings. The summed E-state index contributed by atoms with van der Waals surface area (Å²) < 4.78 is 10.7. The van der Waals surface area contributed by atoms with E-state index >= 15 is 0 Å². The Morgan fingerprint density at radius 2 is 2.17 bits per heavy atom. The quantitative estimate of drug-likeness (QED) is 0.705. The topological polar surface area (TPSA) is 18.5 Å². The molecule has 2 rings (SSSR count). The average Bonchev–Trinajstić information content (AvgIpc) is 2.39. The lowest BCUT2D eigenvalue weighted by Gasteiger charge is -2.28. The molecule has 0 bridgehead atoms. The monoisotopic (exact) mass is 340 g/mol. The standard InChI is InChI=1S/C11H14ClO2PS3/c1-13-15(16,14-2)18-11-5-6-17-10-4-3-8(12)7-9(10)11/h3-4,7,11H,5-6H2,1-2H3. The highest BCUT2D eigenvalue weighted by molar-refractivity contribution is 8.67. The SMILES string of the molecule is COP(=S)(OC)SC1CCSc2ccc(Cl)cc21. The number of halogens is 1. The summed E-state index contributed by atoms with van der Waals surface area (Å²) in [6.45, 7) is 0. The predicted molar refractivity (Wildman–Crippen MR) is 85.4 cm³/mol. The zero-order valence-electron chi connectivity index (χ0n) is 10.1. The first-order valence-electron chi connectivity index (χ1n) is 5.40. The summed E-state index contributed by atoms with van der Waals surface area (Å²) in [6.07, 6.45) is 1.06. The first-order chi connectivity index (χ1) is 8.58. The van der Waals surface area contributed by atoms with Crippen LogP contribution in [-0.2, 0) is 20.9 Å². The van der Waals surface area contributed by atoms with Crippen LogP contribution in [0.1, 0.15) is 17.2 Å². The molecule has 100 valence electrons. The smallest absolute Gasteiger partial charge is 0.247 e. The summed E-state index contributed by atoms with van der Waals surface area (Å²) in [4.78, 5) is 1.29. The second-order valence-electron chi connectivity index (χ2n) is 3.73. The highest BCUT2D eigenvalue weighted by Gasteiger charge is 2.28. The molecule has 0 saturated carbocycles. The van der Waals surface area contributed by atoms with Crippen LogP contribution in [0.2, 0.25) is 5.02 Å². The van der Waals surface area contributed by atoms with E-state index < -0.39 is 5.69 Å². The van der Waals surface area contributed by atoms with Crippen LogP contribution in [0.5, 0.6) is 0 Å². The third-order valence-electron chi connectivity index (χ3n) is 2.66. The molecule has 1 unspecified atom stereocenters. The van der Waals surface area contributed by atoms with E-state index in [0.717, 1.165) is 17.2 Å². The van der Waals surface area contributed by atoms with Crippen molar-refractivity contribution in [3.63, 3.8) is 0 Å². The van der Waals surface area contributed by atoms with Gasteiger partial charge in [-0.1, -0.05) is 23.0 Å². The second-order valence-corrected chi connectivity index (χ2v) is 11.9. The fourth-order valence-electron chi connectivity index (χ4n) is 1.76. The minimum atomic E-state index is -2.22. The molecule has 0 amide bonds. The van der Waals surface area contributed by atoms with Crippen molar-refractivity contribution in [3.05, 3.63) is 28.8 Å². The van der Waals surface area contributed by atoms with Gasteiger partial charge in [0.15, 0.2) is 0 Å². The first kappa shape index (κ1) is 15.2. The zero-order chi connectivity index (χ0) is 13.2. The molecule has 2 nitrogen and oxygen atoms in total. The lowest BCUT2D eigenvalue weighted by atomic mass is 10.1. The number of hydrogen-bond acceptors (Lipinski definition) is 5. The van der Waals surface area contributed by atoms with Crippen LogP contribution >= 0.6 is 40.4 Å². The van der Waals surface area contributed by atoms with Gasteiger partial charge in [0, 0.05) is 29.4 Å². The van der Waals surface area contributed by atoms with Crippen molar-refractivity contribution in [1.82, 2.24) is 0 Å². The van der Waals surface area contributed by atoms with Crippen molar-refractivity contribution in [2.75, 3.05) is 20.0 Å². The molecule has 1 aromatic rings. The maximum Gasteiger partial charge on any atom is 0.247 e. The van der Waals surface area contributed by atoms with Crippen LogP contribution in [-0.4, -0.2) is 20.0 Å². The van der Waals surface area contributed by atoms with Crippen molar-refractivity contribution in [3.8, 4) is 0 Å². The third-order valence-corrected chi connectivity index (χ3v) is 10.0. The molecule has 1 aromatic carbocycles. The summed E-state index contributed by atoms with van der Waals surface area (Å²) in [6, 6.07) is 6.05. The molecule has 1 atom stereocenters. The molecular formula is C11H14ClO2PS3. The van der Waals surface area contributed by atoms with Gasteiger partial charge in [0.05, 0.1) is 0 Å². The Bertz CT molecular complexity index is 475. The molecule has 0 N–H and O–H groups in total. The molecule has 1 aliphatic heterocycles. The van der Waals surface area contributed by atoms with Crippen LogP contribution in [0.15, 0.2) is 23.1 Å². The summed E-state index contributed by atoms with van der Waals surface area (Å²) in [7, 11) is 3.24. The number of thioether (sulfide) groups is 1. The fraction of sp³-hybridized carbons (Fsp3) is 0.455. The molecule has 0 radical (unpaired) electrons. The van der Waals surface area contributed by atoms with E-state index in [9.17, 15) is 0 Å². The summed E-state index contributed by atoms with van der Waals surface area (Å²) in [5, 5.41) is 1.08. The van der Waals surface area contributed by atoms with Crippen molar-refractivity contribution >= 4 is 52.2 Å². The van der Waals surface area contributed by atoms with Gasteiger partial charge < -0.3 is 9.05 Å². The number of fused-ring (bicyclic) bond motifs is 1. The Morgan fingerprint density at radius 1 is 1.44 bits per heavy atom. The van der Waals surface area contributed by atoms with Crippen molar-refractivity contribution in [2.24, 2.45) is 0 Å². The van der Waals surface area contributed by atoms with E-state index in [1.165, 1.54) is 10.5 Å². The van der Waals surface area contributed by atoms with E-state index in [4.69, 9.17) is 32.5 Å². The Labute approximate surface area is 126 Å². The minimum Gasteiger partial charge on any atom is -0.325 e. The molecule has 18 heavy (non-hydrogen) atoms. The van der Waals surface area contributed by atoms with Crippen LogP contribution in [0.3, 0.4) is 0 Å². The normalized spacial score (nSPS) is 19.6. The largest absolute Gasteiger partial charge is 0.325 e. The molecule has 1 aliphatic rings. The van der Waals surface area contributed by atoms with Gasteiger partial charge in [-0.05, 0) is 47.7 Å².